The Morgan fingerprint density at radius 2 is 1.87 bits per heavy atom. The van der Waals surface area contributed by atoms with Crippen molar-refractivity contribution in [1.29, 1.82) is 0 Å². The highest BCUT2D eigenvalue weighted by atomic mass is 16.5. The molecule has 0 radical (unpaired) electrons. The minimum atomic E-state index is -0.280. The summed E-state index contributed by atoms with van der Waals surface area (Å²) in [5, 5.41) is 0. The Hall–Kier alpha value is -2.07. The van der Waals surface area contributed by atoms with Gasteiger partial charge in [-0.25, -0.2) is 9.97 Å². The summed E-state index contributed by atoms with van der Waals surface area (Å²) >= 11 is 0. The standard InChI is InChI=1S/C19H20N2O2/c1-19(16-4-6-23-7-5-16)9-14-3-2-13(8-17(14)18(19)22)15-10-20-12-21-11-15/h2-3,8,10-12,16H,4-7,9H2,1H3. The first-order chi connectivity index (χ1) is 11.2. The molecule has 23 heavy (non-hydrogen) atoms. The molecule has 2 heterocycles. The number of ether oxygens (including phenoxy) is 1. The second-order valence-electron chi connectivity index (χ2n) is 6.81. The maximum atomic E-state index is 13.1. The van der Waals surface area contributed by atoms with E-state index in [1.54, 1.807) is 12.4 Å². The predicted molar refractivity (Wildman–Crippen MR) is 87.2 cm³/mol. The molecule has 2 aliphatic rings. The molecule has 4 nitrogen and oxygen atoms in total. The molecule has 4 heteroatoms. The number of carbonyl (C=O) groups excluding carboxylic acids is 1. The molecule has 1 aliphatic carbocycles. The number of carbonyl (C=O) groups is 1. The van der Waals surface area contributed by atoms with Crippen molar-refractivity contribution in [3.05, 3.63) is 48.0 Å². The molecule has 1 aromatic carbocycles. The fraction of sp³-hybridized carbons (Fsp3) is 0.421. The molecule has 0 N–H and O–H groups in total. The van der Waals surface area contributed by atoms with Crippen molar-refractivity contribution in [1.82, 2.24) is 9.97 Å². The number of ketones is 1. The number of hydrogen-bond acceptors (Lipinski definition) is 4. The van der Waals surface area contributed by atoms with Crippen LogP contribution in [0.15, 0.2) is 36.9 Å². The van der Waals surface area contributed by atoms with E-state index in [9.17, 15) is 4.79 Å². The van der Waals surface area contributed by atoms with Gasteiger partial charge >= 0.3 is 0 Å². The molecule has 118 valence electrons. The van der Waals surface area contributed by atoms with E-state index in [1.807, 2.05) is 6.07 Å². The van der Waals surface area contributed by atoms with Crippen molar-refractivity contribution in [2.24, 2.45) is 11.3 Å². The summed E-state index contributed by atoms with van der Waals surface area (Å²) in [7, 11) is 0. The van der Waals surface area contributed by atoms with E-state index in [0.29, 0.717) is 5.92 Å². The van der Waals surface area contributed by atoms with Crippen LogP contribution < -0.4 is 0 Å². The Labute approximate surface area is 135 Å². The Morgan fingerprint density at radius 3 is 2.61 bits per heavy atom. The third kappa shape index (κ3) is 2.38. The number of rotatable bonds is 2. The van der Waals surface area contributed by atoms with E-state index in [-0.39, 0.29) is 11.2 Å². The normalized spacial score (nSPS) is 24.7. The topological polar surface area (TPSA) is 52.1 Å². The third-order valence-electron chi connectivity index (χ3n) is 5.45. The van der Waals surface area contributed by atoms with Gasteiger partial charge in [-0.05, 0) is 42.4 Å². The average Bonchev–Trinajstić information content (AvgIpc) is 2.88. The van der Waals surface area contributed by atoms with Crippen molar-refractivity contribution in [2.45, 2.75) is 26.2 Å². The summed E-state index contributed by atoms with van der Waals surface area (Å²) in [5.41, 5.74) is 3.72. The van der Waals surface area contributed by atoms with E-state index in [1.165, 1.54) is 11.9 Å². The van der Waals surface area contributed by atoms with Gasteiger partial charge in [0.05, 0.1) is 0 Å². The summed E-state index contributed by atoms with van der Waals surface area (Å²) in [4.78, 5) is 21.3. The highest BCUT2D eigenvalue weighted by Crippen LogP contribution is 2.46. The predicted octanol–water partition coefficient (Wildman–Crippen LogP) is 3.32. The van der Waals surface area contributed by atoms with Gasteiger partial charge < -0.3 is 4.74 Å². The van der Waals surface area contributed by atoms with E-state index in [2.05, 4.69) is 29.0 Å². The van der Waals surface area contributed by atoms with Crippen LogP contribution in [0.1, 0.15) is 35.7 Å². The second kappa shape index (κ2) is 5.53. The summed E-state index contributed by atoms with van der Waals surface area (Å²) in [6, 6.07) is 6.18. The molecular weight excluding hydrogens is 288 g/mol. The highest BCUT2D eigenvalue weighted by molar-refractivity contribution is 6.05. The lowest BCUT2D eigenvalue weighted by molar-refractivity contribution is 0.0206. The van der Waals surface area contributed by atoms with Crippen LogP contribution in [-0.2, 0) is 11.2 Å². The number of hydrogen-bond donors (Lipinski definition) is 0. The quantitative estimate of drug-likeness (QED) is 0.854. The molecular formula is C19H20N2O2. The van der Waals surface area contributed by atoms with E-state index in [4.69, 9.17) is 4.74 Å². The van der Waals surface area contributed by atoms with Gasteiger partial charge in [0.15, 0.2) is 5.78 Å². The largest absolute Gasteiger partial charge is 0.381 e. The van der Waals surface area contributed by atoms with Gasteiger partial charge in [0.2, 0.25) is 0 Å². The molecule has 0 amide bonds. The SMILES string of the molecule is CC1(C2CCOCC2)Cc2ccc(-c3cncnc3)cc2C1=O. The monoisotopic (exact) mass is 308 g/mol. The lowest BCUT2D eigenvalue weighted by Gasteiger charge is -2.35. The van der Waals surface area contributed by atoms with Crippen molar-refractivity contribution >= 4 is 5.78 Å². The number of nitrogens with zero attached hydrogens (tertiary/aromatic N) is 2. The number of benzene rings is 1. The zero-order chi connectivity index (χ0) is 15.9. The maximum Gasteiger partial charge on any atom is 0.169 e. The van der Waals surface area contributed by atoms with Crippen molar-refractivity contribution in [3.63, 3.8) is 0 Å². The Balaban J connectivity index is 1.69. The van der Waals surface area contributed by atoms with Gasteiger partial charge in [-0.3, -0.25) is 4.79 Å². The van der Waals surface area contributed by atoms with Gasteiger partial charge in [0, 0.05) is 42.1 Å². The molecule has 1 aromatic heterocycles. The van der Waals surface area contributed by atoms with Crippen LogP contribution in [0.25, 0.3) is 11.1 Å². The molecule has 1 aliphatic heterocycles. The molecule has 0 saturated carbocycles. The van der Waals surface area contributed by atoms with Crippen LogP contribution >= 0.6 is 0 Å². The third-order valence-corrected chi connectivity index (χ3v) is 5.45. The van der Waals surface area contributed by atoms with E-state index >= 15 is 0 Å². The summed E-state index contributed by atoms with van der Waals surface area (Å²) < 4.78 is 5.47. The molecule has 0 bridgehead atoms. The lowest BCUT2D eigenvalue weighted by Crippen LogP contribution is -2.37. The fourth-order valence-electron chi connectivity index (χ4n) is 4.02. The first-order valence-electron chi connectivity index (χ1n) is 8.19. The number of aromatic nitrogens is 2. The average molecular weight is 308 g/mol. The van der Waals surface area contributed by atoms with E-state index in [0.717, 1.165) is 49.2 Å². The van der Waals surface area contributed by atoms with E-state index < -0.39 is 0 Å². The molecule has 1 atom stereocenters. The summed E-state index contributed by atoms with van der Waals surface area (Å²) in [5.74, 6) is 0.706. The van der Waals surface area contributed by atoms with Crippen LogP contribution in [-0.4, -0.2) is 29.0 Å². The molecule has 1 fully saturated rings. The second-order valence-corrected chi connectivity index (χ2v) is 6.81. The van der Waals surface area contributed by atoms with Crippen molar-refractivity contribution in [3.8, 4) is 11.1 Å². The zero-order valence-corrected chi connectivity index (χ0v) is 13.3. The number of Topliss-reactive ketones (excluding diaryl/α,β-unsaturated/α-hetero) is 1. The first kappa shape index (κ1) is 14.5. The van der Waals surface area contributed by atoms with Gasteiger partial charge in [0.1, 0.15) is 6.33 Å². The lowest BCUT2D eigenvalue weighted by atomic mass is 9.70. The molecule has 4 rings (SSSR count). The van der Waals surface area contributed by atoms with Crippen molar-refractivity contribution in [2.75, 3.05) is 13.2 Å². The zero-order valence-electron chi connectivity index (χ0n) is 13.3. The number of fused-ring (bicyclic) bond motifs is 1. The van der Waals surface area contributed by atoms with Gasteiger partial charge in [-0.1, -0.05) is 19.1 Å². The van der Waals surface area contributed by atoms with Crippen molar-refractivity contribution < 1.29 is 9.53 Å². The minimum Gasteiger partial charge on any atom is -0.381 e. The first-order valence-corrected chi connectivity index (χ1v) is 8.19. The molecule has 2 aromatic rings. The van der Waals surface area contributed by atoms with Crippen LogP contribution in [0, 0.1) is 11.3 Å². The Bertz CT molecular complexity index is 738. The molecule has 1 saturated heterocycles. The van der Waals surface area contributed by atoms with Crippen LogP contribution in [0.5, 0.6) is 0 Å². The smallest absolute Gasteiger partial charge is 0.169 e. The molecule has 1 unspecified atom stereocenters. The van der Waals surface area contributed by atoms with Gasteiger partial charge in [0.25, 0.3) is 0 Å². The van der Waals surface area contributed by atoms with Gasteiger partial charge in [-0.15, -0.1) is 0 Å². The summed E-state index contributed by atoms with van der Waals surface area (Å²) in [6.07, 6.45) is 7.89. The highest BCUT2D eigenvalue weighted by Gasteiger charge is 2.47. The summed E-state index contributed by atoms with van der Waals surface area (Å²) in [6.45, 7) is 3.68. The maximum absolute atomic E-state index is 13.1. The van der Waals surface area contributed by atoms with Crippen LogP contribution in [0.2, 0.25) is 0 Å². The van der Waals surface area contributed by atoms with Crippen LogP contribution in [0.3, 0.4) is 0 Å². The fourth-order valence-corrected chi connectivity index (χ4v) is 4.02. The Morgan fingerprint density at radius 1 is 1.13 bits per heavy atom. The minimum absolute atomic E-state index is 0.280. The Kier molecular flexibility index (Phi) is 3.49. The van der Waals surface area contributed by atoms with Crippen LogP contribution in [0.4, 0.5) is 0 Å². The molecule has 0 spiro atoms. The van der Waals surface area contributed by atoms with Gasteiger partial charge in [-0.2, -0.15) is 0 Å².